The Balaban J connectivity index is 2.25. The van der Waals surface area contributed by atoms with E-state index in [0.29, 0.717) is 0 Å². The Labute approximate surface area is 94.7 Å². The highest BCUT2D eigenvalue weighted by atomic mass is 14.8. The van der Waals surface area contributed by atoms with Crippen LogP contribution in [0.5, 0.6) is 0 Å². The van der Waals surface area contributed by atoms with Gasteiger partial charge in [-0.15, -0.1) is 0 Å². The summed E-state index contributed by atoms with van der Waals surface area (Å²) in [5.41, 5.74) is 2.97. The minimum atomic E-state index is 0.770. The van der Waals surface area contributed by atoms with Crippen LogP contribution in [0.2, 0.25) is 0 Å². The third kappa shape index (κ3) is 2.51. The van der Waals surface area contributed by atoms with Gasteiger partial charge in [0.15, 0.2) is 0 Å². The molecule has 2 aromatic heterocycles. The van der Waals surface area contributed by atoms with E-state index >= 15 is 0 Å². The molecule has 0 amide bonds. The van der Waals surface area contributed by atoms with Crippen molar-refractivity contribution in [2.45, 2.75) is 12.8 Å². The maximum Gasteiger partial charge on any atom is 0.0888 e. The van der Waals surface area contributed by atoms with E-state index in [4.69, 9.17) is 5.41 Å². The second-order valence-electron chi connectivity index (χ2n) is 3.51. The molecule has 0 aromatic carbocycles. The molecule has 80 valence electrons. The van der Waals surface area contributed by atoms with Crippen LogP contribution in [0.25, 0.3) is 11.4 Å². The average molecular weight is 211 g/mol. The molecule has 2 aromatic rings. The van der Waals surface area contributed by atoms with Gasteiger partial charge in [-0.05, 0) is 48.9 Å². The first kappa shape index (κ1) is 10.5. The highest BCUT2D eigenvalue weighted by molar-refractivity contribution is 5.56. The summed E-state index contributed by atoms with van der Waals surface area (Å²) < 4.78 is 0. The van der Waals surface area contributed by atoms with Gasteiger partial charge in [0.1, 0.15) is 0 Å². The van der Waals surface area contributed by atoms with Gasteiger partial charge in [0, 0.05) is 12.4 Å². The highest BCUT2D eigenvalue weighted by Crippen LogP contribution is 2.15. The quantitative estimate of drug-likeness (QED) is 0.790. The molecule has 0 bridgehead atoms. The Bertz CT molecular complexity index is 466. The van der Waals surface area contributed by atoms with Crippen LogP contribution >= 0.6 is 0 Å². The van der Waals surface area contributed by atoms with Gasteiger partial charge >= 0.3 is 0 Å². The number of hydrogen-bond acceptors (Lipinski definition) is 3. The molecule has 0 atom stereocenters. The smallest absolute Gasteiger partial charge is 0.0888 e. The molecular formula is C13H13N3. The van der Waals surface area contributed by atoms with Crippen molar-refractivity contribution in [2.75, 3.05) is 0 Å². The molecule has 3 heteroatoms. The van der Waals surface area contributed by atoms with E-state index in [-0.39, 0.29) is 0 Å². The Kier molecular flexibility index (Phi) is 3.38. The second-order valence-corrected chi connectivity index (χ2v) is 3.51. The lowest BCUT2D eigenvalue weighted by Crippen LogP contribution is -1.91. The van der Waals surface area contributed by atoms with Crippen LogP contribution in [0.1, 0.15) is 12.0 Å². The van der Waals surface area contributed by atoms with Crippen molar-refractivity contribution >= 4 is 6.21 Å². The van der Waals surface area contributed by atoms with Gasteiger partial charge in [-0.2, -0.15) is 0 Å². The summed E-state index contributed by atoms with van der Waals surface area (Å²) in [7, 11) is 0. The third-order valence-electron chi connectivity index (χ3n) is 2.33. The predicted octanol–water partition coefficient (Wildman–Crippen LogP) is 2.73. The van der Waals surface area contributed by atoms with Crippen LogP contribution in [0.3, 0.4) is 0 Å². The van der Waals surface area contributed by atoms with Crippen LogP contribution in [-0.2, 0) is 6.42 Å². The molecule has 0 saturated carbocycles. The van der Waals surface area contributed by atoms with E-state index in [0.717, 1.165) is 24.2 Å². The first-order valence-electron chi connectivity index (χ1n) is 5.25. The summed E-state index contributed by atoms with van der Waals surface area (Å²) in [5.74, 6) is 0. The zero-order valence-corrected chi connectivity index (χ0v) is 8.93. The molecule has 0 unspecified atom stereocenters. The van der Waals surface area contributed by atoms with Crippen molar-refractivity contribution in [3.63, 3.8) is 0 Å². The van der Waals surface area contributed by atoms with Gasteiger partial charge in [-0.25, -0.2) is 0 Å². The van der Waals surface area contributed by atoms with Gasteiger partial charge in [-0.3, -0.25) is 9.97 Å². The van der Waals surface area contributed by atoms with Gasteiger partial charge in [-0.1, -0.05) is 6.07 Å². The molecule has 0 saturated heterocycles. The van der Waals surface area contributed by atoms with E-state index < -0.39 is 0 Å². The number of nitrogens with zero attached hydrogens (tertiary/aromatic N) is 2. The van der Waals surface area contributed by atoms with Crippen LogP contribution in [0.15, 0.2) is 42.7 Å². The Morgan fingerprint density at radius 1 is 1.06 bits per heavy atom. The van der Waals surface area contributed by atoms with E-state index in [2.05, 4.69) is 9.97 Å². The van der Waals surface area contributed by atoms with E-state index in [9.17, 15) is 0 Å². The summed E-state index contributed by atoms with van der Waals surface area (Å²) in [6.45, 7) is 0. The fraction of sp³-hybridized carbons (Fsp3) is 0.154. The number of pyridine rings is 2. The number of aryl methyl sites for hydroxylation is 1. The molecule has 0 fully saturated rings. The van der Waals surface area contributed by atoms with Crippen molar-refractivity contribution in [3.05, 3.63) is 48.3 Å². The molecule has 2 rings (SSSR count). The predicted molar refractivity (Wildman–Crippen MR) is 64.6 cm³/mol. The summed E-state index contributed by atoms with van der Waals surface area (Å²) in [6.07, 6.45) is 6.64. The average Bonchev–Trinajstić information content (AvgIpc) is 2.38. The molecule has 0 aliphatic carbocycles. The molecule has 0 spiro atoms. The number of aromatic nitrogens is 2. The van der Waals surface area contributed by atoms with Crippen LogP contribution in [0, 0.1) is 5.41 Å². The van der Waals surface area contributed by atoms with E-state index in [1.54, 1.807) is 12.4 Å². The first-order valence-corrected chi connectivity index (χ1v) is 5.25. The van der Waals surface area contributed by atoms with Crippen LogP contribution in [-0.4, -0.2) is 16.2 Å². The second kappa shape index (κ2) is 5.16. The lowest BCUT2D eigenvalue weighted by atomic mass is 10.1. The Hall–Kier alpha value is -2.03. The van der Waals surface area contributed by atoms with Gasteiger partial charge < -0.3 is 5.41 Å². The molecular weight excluding hydrogens is 198 g/mol. The third-order valence-corrected chi connectivity index (χ3v) is 2.33. The van der Waals surface area contributed by atoms with E-state index in [1.165, 1.54) is 11.8 Å². The van der Waals surface area contributed by atoms with Gasteiger partial charge in [0.25, 0.3) is 0 Å². The van der Waals surface area contributed by atoms with Crippen molar-refractivity contribution in [1.29, 1.82) is 5.41 Å². The zero-order valence-electron chi connectivity index (χ0n) is 8.93. The molecule has 16 heavy (non-hydrogen) atoms. The zero-order chi connectivity index (χ0) is 11.2. The highest BCUT2D eigenvalue weighted by Gasteiger charge is 2.00. The monoisotopic (exact) mass is 211 g/mol. The molecule has 1 N–H and O–H groups in total. The SMILES string of the molecule is N=CCCc1ccnc(-c2ccccn2)c1. The van der Waals surface area contributed by atoms with Crippen molar-refractivity contribution in [2.24, 2.45) is 0 Å². The Morgan fingerprint density at radius 3 is 2.69 bits per heavy atom. The molecule has 3 nitrogen and oxygen atoms in total. The molecule has 0 aliphatic heterocycles. The van der Waals surface area contributed by atoms with Crippen LogP contribution in [0.4, 0.5) is 0 Å². The Morgan fingerprint density at radius 2 is 1.94 bits per heavy atom. The summed E-state index contributed by atoms with van der Waals surface area (Å²) in [4.78, 5) is 8.56. The molecule has 2 heterocycles. The number of hydrogen-bond donors (Lipinski definition) is 1. The maximum atomic E-state index is 7.02. The lowest BCUT2D eigenvalue weighted by molar-refractivity contribution is 1.04. The fourth-order valence-electron chi connectivity index (χ4n) is 1.52. The summed E-state index contributed by atoms with van der Waals surface area (Å²) in [5, 5.41) is 7.02. The van der Waals surface area contributed by atoms with E-state index in [1.807, 2.05) is 30.3 Å². The number of rotatable bonds is 4. The van der Waals surface area contributed by atoms with Gasteiger partial charge in [0.2, 0.25) is 0 Å². The normalized spacial score (nSPS) is 10.0. The largest absolute Gasteiger partial charge is 0.313 e. The van der Waals surface area contributed by atoms with Crippen molar-refractivity contribution in [3.8, 4) is 11.4 Å². The molecule has 0 radical (unpaired) electrons. The maximum absolute atomic E-state index is 7.02. The minimum absolute atomic E-state index is 0.770. The number of nitrogens with one attached hydrogen (secondary N) is 1. The minimum Gasteiger partial charge on any atom is -0.313 e. The molecule has 0 aliphatic rings. The first-order chi connectivity index (χ1) is 7.90. The lowest BCUT2D eigenvalue weighted by Gasteiger charge is -2.02. The topological polar surface area (TPSA) is 49.6 Å². The fourth-order valence-corrected chi connectivity index (χ4v) is 1.52. The summed E-state index contributed by atoms with van der Waals surface area (Å²) in [6, 6.07) is 9.81. The van der Waals surface area contributed by atoms with Gasteiger partial charge in [0.05, 0.1) is 11.4 Å². The summed E-state index contributed by atoms with van der Waals surface area (Å²) >= 11 is 0. The van der Waals surface area contributed by atoms with Crippen molar-refractivity contribution in [1.82, 2.24) is 9.97 Å². The standard InChI is InChI=1S/C13H13N3/c14-7-3-4-11-6-9-16-13(10-11)12-5-1-2-8-15-12/h1-2,5-10,14H,3-4H2. The van der Waals surface area contributed by atoms with Crippen molar-refractivity contribution < 1.29 is 0 Å². The van der Waals surface area contributed by atoms with Crippen LogP contribution < -0.4 is 0 Å².